The molecule has 5 rings (SSSR count). The van der Waals surface area contributed by atoms with E-state index in [0.717, 1.165) is 23.1 Å². The molecule has 4 bridgehead atoms. The topological polar surface area (TPSA) is 111 Å². The van der Waals surface area contributed by atoms with Gasteiger partial charge in [0.2, 0.25) is 11.8 Å². The highest BCUT2D eigenvalue weighted by Gasteiger charge is 2.64. The maximum Gasteiger partial charge on any atom is 0.394 e. The molecule has 2 atom stereocenters. The summed E-state index contributed by atoms with van der Waals surface area (Å²) in [5.41, 5.74) is 0.911. The van der Waals surface area contributed by atoms with Crippen LogP contribution in [0.4, 0.5) is 19.1 Å². The summed E-state index contributed by atoms with van der Waals surface area (Å²) in [5.74, 6) is -0.937. The number of anilines is 1. The van der Waals surface area contributed by atoms with Crippen LogP contribution >= 0.6 is 0 Å². The minimum atomic E-state index is -4.47. The minimum absolute atomic E-state index is 0.00850. The zero-order chi connectivity index (χ0) is 32.6. The second-order valence-corrected chi connectivity index (χ2v) is 13.5. The fraction of sp³-hybridized carbons (Fsp3) is 0.469. The summed E-state index contributed by atoms with van der Waals surface area (Å²) in [6.07, 6.45) is -4.14. The molecule has 1 aliphatic heterocycles. The largest absolute Gasteiger partial charge is 0.475 e. The van der Waals surface area contributed by atoms with Gasteiger partial charge in [0.1, 0.15) is 6.61 Å². The monoisotopic (exact) mass is 646 g/mol. The Morgan fingerprint density at radius 1 is 1.11 bits per heavy atom. The third-order valence-electron chi connectivity index (χ3n) is 8.61. The molecule has 13 heteroatoms. The van der Waals surface area contributed by atoms with Crippen LogP contribution in [0.1, 0.15) is 60.5 Å². The number of nitrogens with one attached hydrogen (secondary N) is 1. The molecule has 45 heavy (non-hydrogen) atoms. The summed E-state index contributed by atoms with van der Waals surface area (Å²) >= 11 is 0. The summed E-state index contributed by atoms with van der Waals surface area (Å²) in [5, 5.41) is 0. The average molecular weight is 647 g/mol. The molecule has 1 N–H and O–H groups in total. The van der Waals surface area contributed by atoms with Gasteiger partial charge in [0, 0.05) is 30.8 Å². The van der Waals surface area contributed by atoms with Gasteiger partial charge >= 0.3 is 6.18 Å². The molecule has 242 valence electrons. The van der Waals surface area contributed by atoms with Crippen molar-refractivity contribution in [1.29, 1.82) is 0 Å². The van der Waals surface area contributed by atoms with Crippen LogP contribution in [-0.4, -0.2) is 67.8 Å². The first-order chi connectivity index (χ1) is 21.3. The van der Waals surface area contributed by atoms with E-state index in [-0.39, 0.29) is 54.7 Å². The number of nitrogens with zero attached hydrogens (tertiary/aromatic N) is 3. The molecule has 1 amide bonds. The highest BCUT2D eigenvalue weighted by atomic mass is 32.2. The summed E-state index contributed by atoms with van der Waals surface area (Å²) in [4.78, 5) is 24.0. The van der Waals surface area contributed by atoms with E-state index in [1.807, 2.05) is 39.0 Å². The standard InChI is InChI=1S/C32H37F3N4O5S/c1-5-8-24(43-4)18-39-23(17-31(13-14-31)32(33,34)35)19-44-27-16-26(28-20(2)9-6-10-21(28)3)36-30(37-27)38-45(41,42)25-12-7-11-22(15-25)29(39)40/h6-7,9-12,15-16,23-24H,5,8,13-14,17-19H2,1-4H3,(H,36,37,38)/t23-,24?/m1/s1. The lowest BCUT2D eigenvalue weighted by molar-refractivity contribution is -0.193. The number of halogens is 3. The van der Waals surface area contributed by atoms with Crippen LogP contribution < -0.4 is 9.46 Å². The zero-order valence-corrected chi connectivity index (χ0v) is 26.5. The number of benzene rings is 2. The number of carbonyl (C=O) groups excluding carboxylic acids is 1. The SMILES string of the molecule is CCCC(CN1C(=O)c2cccc(c2)S(=O)(=O)Nc2nc(cc(-c3c(C)cccc3C)n2)OC[C@H]1CC1(C(F)(F)F)CC1)OC. The first kappa shape index (κ1) is 32.7. The van der Waals surface area contributed by atoms with Gasteiger partial charge in [-0.25, -0.2) is 18.1 Å². The number of aryl methyl sites for hydroxylation is 2. The Hall–Kier alpha value is -3.71. The maximum atomic E-state index is 14.3. The Balaban J connectivity index is 1.67. The van der Waals surface area contributed by atoms with Crippen LogP contribution in [0.15, 0.2) is 53.4 Å². The van der Waals surface area contributed by atoms with Gasteiger partial charge in [0.25, 0.3) is 15.9 Å². The van der Waals surface area contributed by atoms with Crippen molar-refractivity contribution in [2.24, 2.45) is 5.41 Å². The highest BCUT2D eigenvalue weighted by Crippen LogP contribution is 2.60. The Morgan fingerprint density at radius 3 is 2.42 bits per heavy atom. The van der Waals surface area contributed by atoms with E-state index in [0.29, 0.717) is 12.1 Å². The van der Waals surface area contributed by atoms with E-state index >= 15 is 0 Å². The average Bonchev–Trinajstić information content (AvgIpc) is 3.78. The van der Waals surface area contributed by atoms with Gasteiger partial charge in [-0.3, -0.25) is 4.79 Å². The Morgan fingerprint density at radius 2 is 1.80 bits per heavy atom. The first-order valence-electron chi connectivity index (χ1n) is 14.9. The normalized spacial score (nSPS) is 19.8. The summed E-state index contributed by atoms with van der Waals surface area (Å²) < 4.78 is 84.1. The minimum Gasteiger partial charge on any atom is -0.475 e. The van der Waals surface area contributed by atoms with Crippen LogP contribution in [0, 0.1) is 19.3 Å². The number of sulfonamides is 1. The lowest BCUT2D eigenvalue weighted by Gasteiger charge is -2.36. The lowest BCUT2D eigenvalue weighted by Crippen LogP contribution is -2.50. The van der Waals surface area contributed by atoms with Gasteiger partial charge in [-0.15, -0.1) is 0 Å². The van der Waals surface area contributed by atoms with E-state index in [9.17, 15) is 26.4 Å². The number of carbonyl (C=O) groups is 1. The number of ether oxygens (including phenoxy) is 2. The van der Waals surface area contributed by atoms with Gasteiger partial charge in [0.05, 0.1) is 28.2 Å². The van der Waals surface area contributed by atoms with Crippen molar-refractivity contribution in [3.05, 3.63) is 65.2 Å². The predicted octanol–water partition coefficient (Wildman–Crippen LogP) is 6.31. The molecule has 1 fully saturated rings. The quantitative estimate of drug-likeness (QED) is 0.305. The number of alkyl halides is 3. The second kappa shape index (κ2) is 12.6. The number of aromatic nitrogens is 2. The smallest absolute Gasteiger partial charge is 0.394 e. The van der Waals surface area contributed by atoms with Crippen molar-refractivity contribution in [3.63, 3.8) is 0 Å². The van der Waals surface area contributed by atoms with Crippen molar-refractivity contribution in [2.75, 3.05) is 25.0 Å². The van der Waals surface area contributed by atoms with Crippen LogP contribution in [0.5, 0.6) is 5.88 Å². The van der Waals surface area contributed by atoms with E-state index in [1.165, 1.54) is 42.3 Å². The molecule has 0 radical (unpaired) electrons. The van der Waals surface area contributed by atoms with Crippen molar-refractivity contribution in [3.8, 4) is 17.1 Å². The van der Waals surface area contributed by atoms with Crippen molar-refractivity contribution >= 4 is 21.9 Å². The highest BCUT2D eigenvalue weighted by molar-refractivity contribution is 7.92. The first-order valence-corrected chi connectivity index (χ1v) is 16.4. The fourth-order valence-corrected chi connectivity index (χ4v) is 6.89. The second-order valence-electron chi connectivity index (χ2n) is 11.9. The zero-order valence-electron chi connectivity index (χ0n) is 25.6. The van der Waals surface area contributed by atoms with Gasteiger partial charge in [-0.1, -0.05) is 37.6 Å². The number of hydrogen-bond acceptors (Lipinski definition) is 7. The van der Waals surface area contributed by atoms with Crippen molar-refractivity contribution in [2.45, 2.75) is 76.1 Å². The number of amides is 1. The van der Waals surface area contributed by atoms with Crippen LogP contribution in [0.3, 0.4) is 0 Å². The third-order valence-corrected chi connectivity index (χ3v) is 9.93. The van der Waals surface area contributed by atoms with E-state index < -0.39 is 39.7 Å². The van der Waals surface area contributed by atoms with Crippen LogP contribution in [-0.2, 0) is 14.8 Å². The molecular formula is C32H37F3N4O5S. The van der Waals surface area contributed by atoms with Gasteiger partial charge < -0.3 is 14.4 Å². The molecule has 2 aromatic carbocycles. The van der Waals surface area contributed by atoms with Crippen molar-refractivity contribution in [1.82, 2.24) is 14.9 Å². The molecule has 0 saturated heterocycles. The molecular weight excluding hydrogens is 609 g/mol. The summed E-state index contributed by atoms with van der Waals surface area (Å²) in [7, 11) is -2.79. The number of hydrogen-bond donors (Lipinski definition) is 1. The molecule has 3 aromatic rings. The molecule has 1 aliphatic carbocycles. The number of rotatable bonds is 8. The van der Waals surface area contributed by atoms with E-state index in [2.05, 4.69) is 14.7 Å². The Kier molecular flexibility index (Phi) is 9.14. The van der Waals surface area contributed by atoms with Gasteiger partial charge in [-0.05, 0) is 68.9 Å². The van der Waals surface area contributed by atoms with E-state index in [4.69, 9.17) is 9.47 Å². The maximum absolute atomic E-state index is 14.3. The number of fused-ring (bicyclic) bond motifs is 4. The molecule has 2 aliphatic rings. The lowest BCUT2D eigenvalue weighted by atomic mass is 9.94. The van der Waals surface area contributed by atoms with Gasteiger partial charge in [-0.2, -0.15) is 18.2 Å². The Labute approximate surface area is 261 Å². The van der Waals surface area contributed by atoms with E-state index in [1.54, 1.807) is 0 Å². The Bertz CT molecular complexity index is 1660. The predicted molar refractivity (Wildman–Crippen MR) is 163 cm³/mol. The van der Waals surface area contributed by atoms with Crippen LogP contribution in [0.2, 0.25) is 0 Å². The molecule has 1 aromatic heterocycles. The third kappa shape index (κ3) is 6.94. The van der Waals surface area contributed by atoms with Gasteiger partial charge in [0.15, 0.2) is 0 Å². The fourth-order valence-electron chi connectivity index (χ4n) is 5.90. The molecule has 0 spiro atoms. The summed E-state index contributed by atoms with van der Waals surface area (Å²) in [6.45, 7) is 5.39. The summed E-state index contributed by atoms with van der Waals surface area (Å²) in [6, 6.07) is 11.5. The molecule has 9 nitrogen and oxygen atoms in total. The van der Waals surface area contributed by atoms with Crippen LogP contribution in [0.25, 0.3) is 11.3 Å². The molecule has 1 saturated carbocycles. The number of methoxy groups -OCH3 is 1. The molecule has 2 heterocycles. The molecule has 1 unspecified atom stereocenters. The van der Waals surface area contributed by atoms with Crippen molar-refractivity contribution < 1.29 is 35.9 Å².